The molecule has 0 aliphatic carbocycles. The highest BCUT2D eigenvalue weighted by molar-refractivity contribution is 6.02. The molecule has 7 nitrogen and oxygen atoms in total. The van der Waals surface area contributed by atoms with Gasteiger partial charge >= 0.3 is 5.97 Å². The number of hydrogen-bond acceptors (Lipinski definition) is 5. The first kappa shape index (κ1) is 19.2. The van der Waals surface area contributed by atoms with Crippen LogP contribution in [0.5, 0.6) is 17.2 Å². The lowest BCUT2D eigenvalue weighted by Crippen LogP contribution is -2.22. The van der Waals surface area contributed by atoms with E-state index < -0.39 is 5.97 Å². The van der Waals surface area contributed by atoms with E-state index in [2.05, 4.69) is 4.98 Å². The third-order valence-corrected chi connectivity index (χ3v) is 4.17. The minimum atomic E-state index is -0.888. The zero-order valence-electron chi connectivity index (χ0n) is 15.8. The van der Waals surface area contributed by atoms with Gasteiger partial charge in [-0.3, -0.25) is 14.6 Å². The number of nitrogens with zero attached hydrogens (tertiary/aromatic N) is 2. The number of ether oxygens (including phenoxy) is 2. The van der Waals surface area contributed by atoms with E-state index in [-0.39, 0.29) is 12.3 Å². The number of carboxylic acids is 1. The van der Waals surface area contributed by atoms with E-state index in [4.69, 9.17) is 14.6 Å². The molecule has 0 atom stereocenters. The molecule has 0 saturated heterocycles. The van der Waals surface area contributed by atoms with Crippen molar-refractivity contribution in [1.29, 1.82) is 0 Å². The normalized spacial score (nSPS) is 10.5. The molecule has 2 aromatic carbocycles. The number of carbonyl (C=O) groups excluding carboxylic acids is 1. The van der Waals surface area contributed by atoms with Crippen LogP contribution in [-0.2, 0) is 11.2 Å². The summed E-state index contributed by atoms with van der Waals surface area (Å²) >= 11 is 0. The summed E-state index contributed by atoms with van der Waals surface area (Å²) in [6.45, 7) is 0. The van der Waals surface area contributed by atoms with Gasteiger partial charge in [0, 0.05) is 31.7 Å². The van der Waals surface area contributed by atoms with Crippen molar-refractivity contribution in [3.63, 3.8) is 0 Å². The quantitative estimate of drug-likeness (QED) is 0.705. The van der Waals surface area contributed by atoms with Gasteiger partial charge in [-0.25, -0.2) is 0 Å². The number of amides is 1. The molecule has 0 fully saturated rings. The molecule has 7 heteroatoms. The number of carbonyl (C=O) groups is 2. The van der Waals surface area contributed by atoms with Gasteiger partial charge in [-0.05, 0) is 29.8 Å². The summed E-state index contributed by atoms with van der Waals surface area (Å²) in [6, 6.07) is 11.9. The zero-order chi connectivity index (χ0) is 20.3. The second-order valence-electron chi connectivity index (χ2n) is 6.39. The standard InChI is InChI=1S/C21H20N2O5/c1-23(2)21(26)16-11-15-17(12-19(16)27-3)22-9-8-18(15)28-14-6-4-13(5-7-14)10-20(24)25/h4-9,11-12H,10H2,1-3H3,(H,24,25). The monoisotopic (exact) mass is 380 g/mol. The van der Waals surface area contributed by atoms with Crippen molar-refractivity contribution in [3.8, 4) is 17.2 Å². The van der Waals surface area contributed by atoms with Gasteiger partial charge < -0.3 is 19.5 Å². The molecular weight excluding hydrogens is 360 g/mol. The Labute approximate surface area is 162 Å². The third-order valence-electron chi connectivity index (χ3n) is 4.17. The summed E-state index contributed by atoms with van der Waals surface area (Å²) in [7, 11) is 4.85. The first-order valence-corrected chi connectivity index (χ1v) is 8.56. The van der Waals surface area contributed by atoms with Gasteiger partial charge in [-0.1, -0.05) is 12.1 Å². The summed E-state index contributed by atoms with van der Waals surface area (Å²) in [5, 5.41) is 9.53. The Bertz CT molecular complexity index is 1030. The molecule has 0 saturated carbocycles. The average molecular weight is 380 g/mol. The fourth-order valence-corrected chi connectivity index (χ4v) is 2.79. The van der Waals surface area contributed by atoms with Crippen LogP contribution in [-0.4, -0.2) is 48.1 Å². The molecule has 1 heterocycles. The lowest BCUT2D eigenvalue weighted by molar-refractivity contribution is -0.136. The Morgan fingerprint density at radius 1 is 1.07 bits per heavy atom. The molecule has 3 rings (SSSR count). The summed E-state index contributed by atoms with van der Waals surface area (Å²) in [4.78, 5) is 29.1. The van der Waals surface area contributed by atoms with Gasteiger partial charge in [0.15, 0.2) is 0 Å². The van der Waals surface area contributed by atoms with Crippen LogP contribution < -0.4 is 9.47 Å². The van der Waals surface area contributed by atoms with E-state index in [9.17, 15) is 9.59 Å². The highest BCUT2D eigenvalue weighted by atomic mass is 16.5. The molecule has 1 N–H and O–H groups in total. The molecular formula is C21H20N2O5. The van der Waals surface area contributed by atoms with Crippen molar-refractivity contribution in [2.75, 3.05) is 21.2 Å². The van der Waals surface area contributed by atoms with Crippen LogP contribution >= 0.6 is 0 Å². The Kier molecular flexibility index (Phi) is 5.44. The largest absolute Gasteiger partial charge is 0.496 e. The summed E-state index contributed by atoms with van der Waals surface area (Å²) in [5.74, 6) is 0.450. The van der Waals surface area contributed by atoms with E-state index in [0.29, 0.717) is 39.3 Å². The number of aliphatic carboxylic acids is 1. The molecule has 0 aliphatic rings. The van der Waals surface area contributed by atoms with E-state index in [1.165, 1.54) is 12.0 Å². The van der Waals surface area contributed by atoms with Crippen molar-refractivity contribution in [2.45, 2.75) is 6.42 Å². The second-order valence-corrected chi connectivity index (χ2v) is 6.39. The van der Waals surface area contributed by atoms with Crippen molar-refractivity contribution in [3.05, 3.63) is 59.8 Å². The summed E-state index contributed by atoms with van der Waals surface area (Å²) in [5.41, 5.74) is 1.73. The molecule has 0 unspecified atom stereocenters. The Morgan fingerprint density at radius 2 is 1.79 bits per heavy atom. The predicted octanol–water partition coefficient (Wildman–Crippen LogP) is 3.36. The predicted molar refractivity (Wildman–Crippen MR) is 104 cm³/mol. The number of pyridine rings is 1. The van der Waals surface area contributed by atoms with Crippen LogP contribution in [0.4, 0.5) is 0 Å². The van der Waals surface area contributed by atoms with Gasteiger partial charge in [0.1, 0.15) is 17.2 Å². The Hall–Kier alpha value is -3.61. The third kappa shape index (κ3) is 4.03. The van der Waals surface area contributed by atoms with Crippen molar-refractivity contribution < 1.29 is 24.2 Å². The van der Waals surface area contributed by atoms with E-state index in [0.717, 1.165) is 0 Å². The van der Waals surface area contributed by atoms with Gasteiger partial charge in [0.05, 0.1) is 24.6 Å². The SMILES string of the molecule is COc1cc2nccc(Oc3ccc(CC(=O)O)cc3)c2cc1C(=O)N(C)C. The minimum absolute atomic E-state index is 0.0474. The van der Waals surface area contributed by atoms with Crippen LogP contribution in [0.3, 0.4) is 0 Å². The lowest BCUT2D eigenvalue weighted by atomic mass is 10.1. The highest BCUT2D eigenvalue weighted by Gasteiger charge is 2.17. The molecule has 28 heavy (non-hydrogen) atoms. The minimum Gasteiger partial charge on any atom is -0.496 e. The first-order chi connectivity index (χ1) is 13.4. The molecule has 0 bridgehead atoms. The summed E-state index contributed by atoms with van der Waals surface area (Å²) < 4.78 is 11.3. The Balaban J connectivity index is 2.00. The average Bonchev–Trinajstić information content (AvgIpc) is 2.67. The molecule has 0 spiro atoms. The van der Waals surface area contributed by atoms with Crippen LogP contribution in [0.2, 0.25) is 0 Å². The number of aromatic nitrogens is 1. The fourth-order valence-electron chi connectivity index (χ4n) is 2.79. The van der Waals surface area contributed by atoms with E-state index in [1.54, 1.807) is 62.8 Å². The molecule has 1 amide bonds. The van der Waals surface area contributed by atoms with Crippen molar-refractivity contribution in [2.24, 2.45) is 0 Å². The van der Waals surface area contributed by atoms with Gasteiger partial charge in [0.25, 0.3) is 5.91 Å². The number of methoxy groups -OCH3 is 1. The number of hydrogen-bond donors (Lipinski definition) is 1. The second kappa shape index (κ2) is 7.96. The van der Waals surface area contributed by atoms with Crippen LogP contribution in [0.25, 0.3) is 10.9 Å². The van der Waals surface area contributed by atoms with Crippen LogP contribution in [0, 0.1) is 0 Å². The smallest absolute Gasteiger partial charge is 0.307 e. The molecule has 144 valence electrons. The number of rotatable bonds is 6. The van der Waals surface area contributed by atoms with Gasteiger partial charge in [0.2, 0.25) is 0 Å². The number of carboxylic acid groups (broad SMARTS) is 1. The molecule has 3 aromatic rings. The van der Waals surface area contributed by atoms with Crippen LogP contribution in [0.15, 0.2) is 48.7 Å². The molecule has 0 aliphatic heterocycles. The number of benzene rings is 2. The van der Waals surface area contributed by atoms with E-state index in [1.807, 2.05) is 0 Å². The summed E-state index contributed by atoms with van der Waals surface area (Å²) in [6.07, 6.45) is 1.57. The highest BCUT2D eigenvalue weighted by Crippen LogP contribution is 2.33. The first-order valence-electron chi connectivity index (χ1n) is 8.56. The maximum Gasteiger partial charge on any atom is 0.307 e. The maximum atomic E-state index is 12.5. The van der Waals surface area contributed by atoms with Gasteiger partial charge in [-0.15, -0.1) is 0 Å². The van der Waals surface area contributed by atoms with Crippen LogP contribution in [0.1, 0.15) is 15.9 Å². The molecule has 1 aromatic heterocycles. The van der Waals surface area contributed by atoms with Crippen molar-refractivity contribution in [1.82, 2.24) is 9.88 Å². The maximum absolute atomic E-state index is 12.5. The topological polar surface area (TPSA) is 89.0 Å². The van der Waals surface area contributed by atoms with Crippen molar-refractivity contribution >= 4 is 22.8 Å². The van der Waals surface area contributed by atoms with Gasteiger partial charge in [-0.2, -0.15) is 0 Å². The lowest BCUT2D eigenvalue weighted by Gasteiger charge is -2.15. The Morgan fingerprint density at radius 3 is 2.39 bits per heavy atom. The zero-order valence-corrected chi connectivity index (χ0v) is 15.8. The molecule has 0 radical (unpaired) electrons. The van der Waals surface area contributed by atoms with E-state index >= 15 is 0 Å². The number of fused-ring (bicyclic) bond motifs is 1. The fraction of sp³-hybridized carbons (Fsp3) is 0.190.